The van der Waals surface area contributed by atoms with E-state index in [9.17, 15) is 4.79 Å². The van der Waals surface area contributed by atoms with Crippen LogP contribution in [-0.4, -0.2) is 19.0 Å². The third kappa shape index (κ3) is 5.25. The van der Waals surface area contributed by atoms with Crippen LogP contribution < -0.4 is 11.1 Å². The Morgan fingerprint density at radius 3 is 2.65 bits per heavy atom. The largest absolute Gasteiger partial charge is 0.355 e. The maximum absolute atomic E-state index is 11.7. The molecule has 98 valence electrons. The molecule has 0 bridgehead atoms. The van der Waals surface area contributed by atoms with Gasteiger partial charge in [-0.25, -0.2) is 0 Å². The lowest BCUT2D eigenvalue weighted by atomic mass is 9.93. The molecule has 0 saturated heterocycles. The molecule has 0 unspecified atom stereocenters. The first-order valence-corrected chi connectivity index (χ1v) is 6.38. The van der Waals surface area contributed by atoms with E-state index < -0.39 is 5.41 Å². The minimum Gasteiger partial charge on any atom is -0.355 e. The summed E-state index contributed by atoms with van der Waals surface area (Å²) in [7, 11) is 0. The standard InChI is InChI=1S/C11H17ClN2OS.ClH/c1-11(2,7-13)10(15)14-6-5-8-3-4-9(12)16-8;/h3-4H,5-7,13H2,1-2H3,(H,14,15);1H. The highest BCUT2D eigenvalue weighted by molar-refractivity contribution is 7.16. The van der Waals surface area contributed by atoms with E-state index in [0.717, 1.165) is 10.8 Å². The Morgan fingerprint density at radius 1 is 1.53 bits per heavy atom. The van der Waals surface area contributed by atoms with Crippen LogP contribution in [0, 0.1) is 5.41 Å². The summed E-state index contributed by atoms with van der Waals surface area (Å²) in [5, 5.41) is 2.88. The minimum absolute atomic E-state index is 0. The average Bonchev–Trinajstić information content (AvgIpc) is 2.64. The Kier molecular flexibility index (Phi) is 7.09. The quantitative estimate of drug-likeness (QED) is 0.877. The maximum Gasteiger partial charge on any atom is 0.226 e. The first-order valence-electron chi connectivity index (χ1n) is 5.18. The van der Waals surface area contributed by atoms with Crippen molar-refractivity contribution in [3.63, 3.8) is 0 Å². The Bertz CT molecular complexity index is 366. The van der Waals surface area contributed by atoms with Gasteiger partial charge in [-0.2, -0.15) is 0 Å². The number of halogens is 2. The zero-order valence-electron chi connectivity index (χ0n) is 9.96. The van der Waals surface area contributed by atoms with E-state index >= 15 is 0 Å². The maximum atomic E-state index is 11.7. The SMILES string of the molecule is CC(C)(CN)C(=O)NCCc1ccc(Cl)s1.Cl. The predicted octanol–water partition coefficient (Wildman–Crippen LogP) is 2.47. The van der Waals surface area contributed by atoms with Gasteiger partial charge in [-0.1, -0.05) is 11.6 Å². The molecule has 3 nitrogen and oxygen atoms in total. The molecule has 0 radical (unpaired) electrons. The van der Waals surface area contributed by atoms with Crippen molar-refractivity contribution in [3.05, 3.63) is 21.3 Å². The number of nitrogens with one attached hydrogen (secondary N) is 1. The topological polar surface area (TPSA) is 55.1 Å². The molecule has 17 heavy (non-hydrogen) atoms. The zero-order valence-corrected chi connectivity index (χ0v) is 12.3. The molecule has 0 saturated carbocycles. The average molecular weight is 297 g/mol. The van der Waals surface area contributed by atoms with Gasteiger partial charge in [-0.15, -0.1) is 23.7 Å². The lowest BCUT2D eigenvalue weighted by Crippen LogP contribution is -2.42. The number of carbonyl (C=O) groups is 1. The number of amides is 1. The van der Waals surface area contributed by atoms with Gasteiger partial charge in [0.25, 0.3) is 0 Å². The van der Waals surface area contributed by atoms with Gasteiger partial charge < -0.3 is 11.1 Å². The number of carbonyl (C=O) groups excluding carboxylic acids is 1. The van der Waals surface area contributed by atoms with E-state index in [1.165, 1.54) is 4.88 Å². The molecule has 0 spiro atoms. The van der Waals surface area contributed by atoms with Gasteiger partial charge in [0.15, 0.2) is 0 Å². The molecule has 0 aliphatic carbocycles. The molecule has 1 aromatic heterocycles. The molecule has 0 aromatic carbocycles. The van der Waals surface area contributed by atoms with Crippen LogP contribution in [0.3, 0.4) is 0 Å². The lowest BCUT2D eigenvalue weighted by Gasteiger charge is -2.21. The minimum atomic E-state index is -0.493. The highest BCUT2D eigenvalue weighted by Crippen LogP contribution is 2.21. The van der Waals surface area contributed by atoms with Gasteiger partial charge in [0, 0.05) is 18.0 Å². The van der Waals surface area contributed by atoms with Crippen molar-refractivity contribution in [2.45, 2.75) is 20.3 Å². The van der Waals surface area contributed by atoms with Gasteiger partial charge in [0.1, 0.15) is 0 Å². The summed E-state index contributed by atoms with van der Waals surface area (Å²) in [4.78, 5) is 12.9. The fraction of sp³-hybridized carbons (Fsp3) is 0.545. The number of hydrogen-bond donors (Lipinski definition) is 2. The number of nitrogens with two attached hydrogens (primary N) is 1. The summed E-state index contributed by atoms with van der Waals surface area (Å²) in [6.07, 6.45) is 0.809. The van der Waals surface area contributed by atoms with Crippen LogP contribution in [-0.2, 0) is 11.2 Å². The highest BCUT2D eigenvalue weighted by atomic mass is 35.5. The van der Waals surface area contributed by atoms with Crippen LogP contribution >= 0.6 is 35.3 Å². The Balaban J connectivity index is 0.00000256. The van der Waals surface area contributed by atoms with Crippen molar-refractivity contribution in [2.24, 2.45) is 11.1 Å². The summed E-state index contributed by atoms with van der Waals surface area (Å²) in [6.45, 7) is 4.65. The Morgan fingerprint density at radius 2 is 2.18 bits per heavy atom. The first kappa shape index (κ1) is 16.7. The lowest BCUT2D eigenvalue weighted by molar-refractivity contribution is -0.128. The summed E-state index contributed by atoms with van der Waals surface area (Å²) < 4.78 is 0.781. The van der Waals surface area contributed by atoms with Crippen molar-refractivity contribution in [1.29, 1.82) is 0 Å². The summed E-state index contributed by atoms with van der Waals surface area (Å²) >= 11 is 7.35. The third-order valence-electron chi connectivity index (χ3n) is 2.41. The first-order chi connectivity index (χ1) is 7.45. The molecular weight excluding hydrogens is 279 g/mol. The van der Waals surface area contributed by atoms with Crippen LogP contribution in [0.1, 0.15) is 18.7 Å². The molecule has 0 atom stereocenters. The summed E-state index contributed by atoms with van der Waals surface area (Å²) in [5.41, 5.74) is 5.02. The van der Waals surface area contributed by atoms with Gasteiger partial charge >= 0.3 is 0 Å². The van der Waals surface area contributed by atoms with Crippen LogP contribution in [0.2, 0.25) is 4.34 Å². The van der Waals surface area contributed by atoms with Gasteiger partial charge in [-0.05, 0) is 32.4 Å². The van der Waals surface area contributed by atoms with Gasteiger partial charge in [-0.3, -0.25) is 4.79 Å². The van der Waals surface area contributed by atoms with Crippen molar-refractivity contribution in [3.8, 4) is 0 Å². The van der Waals surface area contributed by atoms with E-state index in [2.05, 4.69) is 5.32 Å². The number of rotatable bonds is 5. The molecule has 0 aliphatic heterocycles. The molecule has 1 amide bonds. The van der Waals surface area contributed by atoms with Crippen LogP contribution in [0.5, 0.6) is 0 Å². The van der Waals surface area contributed by atoms with Crippen molar-refractivity contribution in [2.75, 3.05) is 13.1 Å². The molecular formula is C11H18Cl2N2OS. The van der Waals surface area contributed by atoms with E-state index in [4.69, 9.17) is 17.3 Å². The molecule has 1 heterocycles. The smallest absolute Gasteiger partial charge is 0.226 e. The van der Waals surface area contributed by atoms with Crippen LogP contribution in [0.25, 0.3) is 0 Å². The van der Waals surface area contributed by atoms with E-state index in [-0.39, 0.29) is 18.3 Å². The van der Waals surface area contributed by atoms with Gasteiger partial charge in [0.2, 0.25) is 5.91 Å². The fourth-order valence-corrected chi connectivity index (χ4v) is 2.20. The number of hydrogen-bond acceptors (Lipinski definition) is 3. The Labute approximate surface area is 117 Å². The van der Waals surface area contributed by atoms with Gasteiger partial charge in [0.05, 0.1) is 9.75 Å². The molecule has 3 N–H and O–H groups in total. The Hall–Kier alpha value is -0.290. The number of thiophene rings is 1. The predicted molar refractivity (Wildman–Crippen MR) is 76.1 cm³/mol. The van der Waals surface area contributed by atoms with Crippen LogP contribution in [0.4, 0.5) is 0 Å². The van der Waals surface area contributed by atoms with Crippen molar-refractivity contribution in [1.82, 2.24) is 5.32 Å². The third-order valence-corrected chi connectivity index (χ3v) is 3.70. The molecule has 0 aliphatic rings. The zero-order chi connectivity index (χ0) is 12.2. The molecule has 1 rings (SSSR count). The highest BCUT2D eigenvalue weighted by Gasteiger charge is 2.24. The second-order valence-corrected chi connectivity index (χ2v) is 6.10. The summed E-state index contributed by atoms with van der Waals surface area (Å²) in [6, 6.07) is 3.85. The molecule has 1 aromatic rings. The monoisotopic (exact) mass is 296 g/mol. The van der Waals surface area contributed by atoms with Crippen molar-refractivity contribution < 1.29 is 4.79 Å². The summed E-state index contributed by atoms with van der Waals surface area (Å²) in [5.74, 6) is -0.00217. The van der Waals surface area contributed by atoms with Crippen LogP contribution in [0.15, 0.2) is 12.1 Å². The second kappa shape index (κ2) is 7.21. The molecule has 6 heteroatoms. The van der Waals surface area contributed by atoms with E-state index in [0.29, 0.717) is 13.1 Å². The normalized spacial score (nSPS) is 10.8. The second-order valence-electron chi connectivity index (χ2n) is 4.30. The van der Waals surface area contributed by atoms with Crippen molar-refractivity contribution >= 4 is 41.3 Å². The fourth-order valence-electron chi connectivity index (χ4n) is 1.12. The van der Waals surface area contributed by atoms with E-state index in [1.54, 1.807) is 11.3 Å². The van der Waals surface area contributed by atoms with E-state index in [1.807, 2.05) is 26.0 Å². The molecule has 0 fully saturated rings.